The van der Waals surface area contributed by atoms with E-state index in [1.54, 1.807) is 6.07 Å². The molecule has 1 atom stereocenters. The normalized spacial score (nSPS) is 12.7. The quantitative estimate of drug-likeness (QED) is 0.891. The maximum absolute atomic E-state index is 5.83. The van der Waals surface area contributed by atoms with Crippen LogP contribution in [0.15, 0.2) is 10.6 Å². The van der Waals surface area contributed by atoms with Gasteiger partial charge in [-0.05, 0) is 20.8 Å². The number of nitrogens with two attached hydrogens (primary N) is 1. The molecule has 0 saturated carbocycles. The Morgan fingerprint density at radius 3 is 2.45 bits per heavy atom. The minimum absolute atomic E-state index is 0.0376. The fourth-order valence-corrected chi connectivity index (χ4v) is 2.22. The lowest BCUT2D eigenvalue weighted by Crippen LogP contribution is -2.12. The second-order valence-corrected chi connectivity index (χ2v) is 5.29. The lowest BCUT2D eigenvalue weighted by Gasteiger charge is -2.16. The first-order valence-corrected chi connectivity index (χ1v) is 6.72. The number of hydrogen-bond donors (Lipinski definition) is 2. The zero-order valence-corrected chi connectivity index (χ0v) is 12.6. The molecule has 0 bridgehead atoms. The van der Waals surface area contributed by atoms with Gasteiger partial charge in [-0.25, -0.2) is 9.97 Å². The molecule has 0 aliphatic heterocycles. The number of rotatable bonds is 4. The van der Waals surface area contributed by atoms with Gasteiger partial charge in [0.25, 0.3) is 0 Å². The van der Waals surface area contributed by atoms with Gasteiger partial charge in [0, 0.05) is 17.5 Å². The summed E-state index contributed by atoms with van der Waals surface area (Å²) in [6.07, 6.45) is 0. The van der Waals surface area contributed by atoms with Crippen molar-refractivity contribution in [1.29, 1.82) is 0 Å². The number of nitrogen functional groups attached to an aromatic ring is 1. The molecule has 0 spiro atoms. The molecule has 2 rings (SSSR count). The molecule has 2 aromatic rings. The Balaban J connectivity index is 2.26. The zero-order chi connectivity index (χ0) is 14.9. The Bertz CT molecular complexity index is 586. The molecule has 6 heteroatoms. The zero-order valence-electron chi connectivity index (χ0n) is 12.6. The number of anilines is 2. The van der Waals surface area contributed by atoms with Crippen LogP contribution in [0.2, 0.25) is 0 Å². The van der Waals surface area contributed by atoms with Crippen LogP contribution >= 0.6 is 0 Å². The van der Waals surface area contributed by atoms with Gasteiger partial charge in [-0.15, -0.1) is 0 Å². The molecule has 2 aromatic heterocycles. The molecule has 0 fully saturated rings. The highest BCUT2D eigenvalue weighted by atomic mass is 16.5. The first-order chi connectivity index (χ1) is 9.38. The first-order valence-electron chi connectivity index (χ1n) is 6.72. The molecular formula is C14H21N5O. The van der Waals surface area contributed by atoms with Crippen molar-refractivity contribution >= 4 is 11.6 Å². The number of nitrogens with one attached hydrogen (secondary N) is 1. The Morgan fingerprint density at radius 1 is 1.20 bits per heavy atom. The van der Waals surface area contributed by atoms with E-state index in [0.29, 0.717) is 11.6 Å². The van der Waals surface area contributed by atoms with Gasteiger partial charge in [-0.3, -0.25) is 0 Å². The van der Waals surface area contributed by atoms with Gasteiger partial charge in [-0.2, -0.15) is 0 Å². The SMILES string of the molecule is Cc1noc(C)c1C(C)Nc1cc(N)nc(C(C)C)n1. The molecule has 0 aliphatic carbocycles. The third-order valence-electron chi connectivity index (χ3n) is 3.17. The van der Waals surface area contributed by atoms with Gasteiger partial charge in [-0.1, -0.05) is 19.0 Å². The standard InChI is InChI=1S/C14H21N5O/c1-7(2)14-17-11(15)6-12(18-14)16-8(3)13-9(4)19-20-10(13)5/h6-8H,1-5H3,(H3,15,16,17,18). The lowest BCUT2D eigenvalue weighted by molar-refractivity contribution is 0.392. The van der Waals surface area contributed by atoms with Crippen molar-refractivity contribution in [3.8, 4) is 0 Å². The largest absolute Gasteiger partial charge is 0.384 e. The van der Waals surface area contributed by atoms with E-state index in [4.69, 9.17) is 10.3 Å². The van der Waals surface area contributed by atoms with E-state index in [-0.39, 0.29) is 12.0 Å². The number of nitrogens with zero attached hydrogens (tertiary/aromatic N) is 3. The predicted molar refractivity (Wildman–Crippen MR) is 78.5 cm³/mol. The van der Waals surface area contributed by atoms with E-state index in [2.05, 4.69) is 20.4 Å². The van der Waals surface area contributed by atoms with Crippen molar-refractivity contribution in [1.82, 2.24) is 15.1 Å². The molecule has 1 unspecified atom stereocenters. The van der Waals surface area contributed by atoms with Crippen LogP contribution in [0.3, 0.4) is 0 Å². The van der Waals surface area contributed by atoms with E-state index in [1.165, 1.54) is 0 Å². The van der Waals surface area contributed by atoms with E-state index in [9.17, 15) is 0 Å². The van der Waals surface area contributed by atoms with Crippen LogP contribution in [0.4, 0.5) is 11.6 Å². The van der Waals surface area contributed by atoms with Crippen LogP contribution in [0.25, 0.3) is 0 Å². The molecule has 0 saturated heterocycles. The van der Waals surface area contributed by atoms with Crippen LogP contribution in [0, 0.1) is 13.8 Å². The summed E-state index contributed by atoms with van der Waals surface area (Å²) >= 11 is 0. The number of hydrogen-bond acceptors (Lipinski definition) is 6. The van der Waals surface area contributed by atoms with Gasteiger partial charge in [0.2, 0.25) is 0 Å². The summed E-state index contributed by atoms with van der Waals surface area (Å²) in [6, 6.07) is 1.77. The van der Waals surface area contributed by atoms with Crippen molar-refractivity contribution in [2.24, 2.45) is 0 Å². The number of aryl methyl sites for hydroxylation is 2. The summed E-state index contributed by atoms with van der Waals surface area (Å²) in [5.74, 6) is 2.96. The molecule has 0 aromatic carbocycles. The fraction of sp³-hybridized carbons (Fsp3) is 0.500. The van der Waals surface area contributed by atoms with Gasteiger partial charge in [0.15, 0.2) is 0 Å². The Labute approximate surface area is 118 Å². The highest BCUT2D eigenvalue weighted by Gasteiger charge is 2.17. The monoisotopic (exact) mass is 275 g/mol. The van der Waals surface area contributed by atoms with Crippen LogP contribution in [-0.2, 0) is 0 Å². The summed E-state index contributed by atoms with van der Waals surface area (Å²) in [5, 5.41) is 7.30. The van der Waals surface area contributed by atoms with Gasteiger partial charge in [0.1, 0.15) is 23.2 Å². The minimum Gasteiger partial charge on any atom is -0.384 e. The molecule has 108 valence electrons. The predicted octanol–water partition coefficient (Wildman–Crippen LogP) is 2.96. The Kier molecular flexibility index (Phi) is 3.92. The van der Waals surface area contributed by atoms with E-state index < -0.39 is 0 Å². The highest BCUT2D eigenvalue weighted by molar-refractivity contribution is 5.47. The van der Waals surface area contributed by atoms with Crippen LogP contribution in [-0.4, -0.2) is 15.1 Å². The van der Waals surface area contributed by atoms with Crippen molar-refractivity contribution < 1.29 is 4.52 Å². The van der Waals surface area contributed by atoms with Crippen molar-refractivity contribution in [3.05, 3.63) is 28.9 Å². The van der Waals surface area contributed by atoms with Crippen molar-refractivity contribution in [2.45, 2.75) is 46.6 Å². The fourth-order valence-electron chi connectivity index (χ4n) is 2.22. The van der Waals surface area contributed by atoms with Gasteiger partial charge >= 0.3 is 0 Å². The molecule has 6 nitrogen and oxygen atoms in total. The average molecular weight is 275 g/mol. The average Bonchev–Trinajstić information content (AvgIpc) is 2.68. The number of aromatic nitrogens is 3. The molecule has 20 heavy (non-hydrogen) atoms. The third-order valence-corrected chi connectivity index (χ3v) is 3.17. The molecule has 3 N–H and O–H groups in total. The third kappa shape index (κ3) is 2.89. The second kappa shape index (κ2) is 5.48. The molecular weight excluding hydrogens is 254 g/mol. The van der Waals surface area contributed by atoms with Crippen molar-refractivity contribution in [2.75, 3.05) is 11.1 Å². The molecule has 0 radical (unpaired) electrons. The maximum atomic E-state index is 5.83. The summed E-state index contributed by atoms with van der Waals surface area (Å²) in [4.78, 5) is 8.72. The minimum atomic E-state index is 0.0376. The van der Waals surface area contributed by atoms with E-state index in [0.717, 1.165) is 22.8 Å². The summed E-state index contributed by atoms with van der Waals surface area (Å²) in [6.45, 7) is 9.95. The second-order valence-electron chi connectivity index (χ2n) is 5.29. The summed E-state index contributed by atoms with van der Waals surface area (Å²) in [7, 11) is 0. The van der Waals surface area contributed by atoms with Gasteiger partial charge < -0.3 is 15.6 Å². The van der Waals surface area contributed by atoms with E-state index in [1.807, 2.05) is 34.6 Å². The maximum Gasteiger partial charge on any atom is 0.139 e. The first kappa shape index (κ1) is 14.3. The topological polar surface area (TPSA) is 89.9 Å². The van der Waals surface area contributed by atoms with Crippen LogP contribution in [0.5, 0.6) is 0 Å². The summed E-state index contributed by atoms with van der Waals surface area (Å²) < 4.78 is 5.19. The van der Waals surface area contributed by atoms with Crippen LogP contribution < -0.4 is 11.1 Å². The smallest absolute Gasteiger partial charge is 0.139 e. The van der Waals surface area contributed by atoms with E-state index >= 15 is 0 Å². The molecule has 2 heterocycles. The Morgan fingerprint density at radius 2 is 1.90 bits per heavy atom. The van der Waals surface area contributed by atoms with Crippen LogP contribution in [0.1, 0.15) is 55.6 Å². The lowest BCUT2D eigenvalue weighted by atomic mass is 10.1. The molecule has 0 aliphatic rings. The van der Waals surface area contributed by atoms with Gasteiger partial charge in [0.05, 0.1) is 11.7 Å². The summed E-state index contributed by atoms with van der Waals surface area (Å²) in [5.41, 5.74) is 7.76. The van der Waals surface area contributed by atoms with Crippen molar-refractivity contribution in [3.63, 3.8) is 0 Å². The molecule has 0 amide bonds. The Hall–Kier alpha value is -2.11. The highest BCUT2D eigenvalue weighted by Crippen LogP contribution is 2.25.